The predicted octanol–water partition coefficient (Wildman–Crippen LogP) is 2.97. The average molecular weight is 472 g/mol. The van der Waals surface area contributed by atoms with Crippen LogP contribution in [-0.2, 0) is 14.8 Å². The number of carbonyl (C=O) groups is 2. The quantitative estimate of drug-likeness (QED) is 0.699. The van der Waals surface area contributed by atoms with E-state index >= 15 is 0 Å². The summed E-state index contributed by atoms with van der Waals surface area (Å²) < 4.78 is 32.7. The molecule has 176 valence electrons. The minimum absolute atomic E-state index is 0.0873. The Hall–Kier alpha value is -2.91. The molecule has 2 aromatic rings. The lowest BCUT2D eigenvalue weighted by molar-refractivity contribution is -0.120. The lowest BCUT2D eigenvalue weighted by Gasteiger charge is -2.31. The molecule has 2 aliphatic heterocycles. The van der Waals surface area contributed by atoms with Crippen molar-refractivity contribution in [2.24, 2.45) is 5.92 Å². The van der Waals surface area contributed by atoms with Gasteiger partial charge >= 0.3 is 0 Å². The third-order valence-electron chi connectivity index (χ3n) is 6.26. The first-order valence-corrected chi connectivity index (χ1v) is 12.7. The van der Waals surface area contributed by atoms with Gasteiger partial charge in [-0.3, -0.25) is 9.59 Å². The number of para-hydroxylation sites is 1. The van der Waals surface area contributed by atoms with Crippen molar-refractivity contribution in [2.75, 3.05) is 38.6 Å². The second-order valence-corrected chi connectivity index (χ2v) is 10.3. The molecular formula is C24H29N3O5S. The van der Waals surface area contributed by atoms with E-state index in [1.54, 1.807) is 41.3 Å². The molecule has 4 rings (SSSR count). The number of methoxy groups -OCH3 is 1. The summed E-state index contributed by atoms with van der Waals surface area (Å²) >= 11 is 0. The van der Waals surface area contributed by atoms with E-state index in [4.69, 9.17) is 4.74 Å². The molecule has 2 heterocycles. The summed E-state index contributed by atoms with van der Waals surface area (Å²) in [7, 11) is -2.20. The fraction of sp³-hybridized carbons (Fsp3) is 0.417. The number of benzene rings is 2. The molecule has 33 heavy (non-hydrogen) atoms. The molecule has 2 aliphatic rings. The molecule has 2 saturated heterocycles. The van der Waals surface area contributed by atoms with Gasteiger partial charge in [0.1, 0.15) is 5.75 Å². The number of rotatable bonds is 6. The highest BCUT2D eigenvalue weighted by Crippen LogP contribution is 2.27. The molecule has 1 N–H and O–H groups in total. The topological polar surface area (TPSA) is 96.0 Å². The number of amides is 2. The Labute approximate surface area is 194 Å². The van der Waals surface area contributed by atoms with E-state index in [0.717, 1.165) is 25.9 Å². The van der Waals surface area contributed by atoms with Crippen LogP contribution < -0.4 is 10.1 Å². The highest BCUT2D eigenvalue weighted by Gasteiger charge is 2.34. The van der Waals surface area contributed by atoms with E-state index in [0.29, 0.717) is 36.4 Å². The summed E-state index contributed by atoms with van der Waals surface area (Å²) in [5.74, 6) is -0.282. The Balaban J connectivity index is 1.47. The number of carbonyl (C=O) groups excluding carboxylic acids is 2. The molecule has 8 nitrogen and oxygen atoms in total. The molecule has 9 heteroatoms. The van der Waals surface area contributed by atoms with Crippen molar-refractivity contribution in [2.45, 2.75) is 30.6 Å². The SMILES string of the molecule is COc1ccc(S(=O)(=O)N2CCC[C@H](C(=O)Nc3ccccc3C(=O)N3CCCC3)C2)cc1. The number of ether oxygens (including phenoxy) is 1. The van der Waals surface area contributed by atoms with Gasteiger partial charge in [0.25, 0.3) is 5.91 Å². The fourth-order valence-electron chi connectivity index (χ4n) is 4.38. The van der Waals surface area contributed by atoms with Crippen molar-refractivity contribution in [1.29, 1.82) is 0 Å². The average Bonchev–Trinajstić information content (AvgIpc) is 3.39. The number of hydrogen-bond acceptors (Lipinski definition) is 5. The van der Waals surface area contributed by atoms with Gasteiger partial charge in [0.2, 0.25) is 15.9 Å². The van der Waals surface area contributed by atoms with E-state index < -0.39 is 15.9 Å². The molecule has 2 aromatic carbocycles. The summed E-state index contributed by atoms with van der Waals surface area (Å²) in [5.41, 5.74) is 0.931. The van der Waals surface area contributed by atoms with Gasteiger partial charge in [-0.2, -0.15) is 4.31 Å². The number of nitrogens with zero attached hydrogens (tertiary/aromatic N) is 2. The van der Waals surface area contributed by atoms with Crippen LogP contribution in [0.5, 0.6) is 5.75 Å². The lowest BCUT2D eigenvalue weighted by atomic mass is 9.98. The number of likely N-dealkylation sites (tertiary alicyclic amines) is 1. The predicted molar refractivity (Wildman–Crippen MR) is 125 cm³/mol. The summed E-state index contributed by atoms with van der Waals surface area (Å²) in [6.07, 6.45) is 3.15. The Morgan fingerprint density at radius 3 is 2.36 bits per heavy atom. The Morgan fingerprint density at radius 2 is 1.67 bits per heavy atom. The monoisotopic (exact) mass is 471 g/mol. The zero-order valence-electron chi connectivity index (χ0n) is 18.7. The Morgan fingerprint density at radius 1 is 0.970 bits per heavy atom. The molecule has 2 amide bonds. The summed E-state index contributed by atoms with van der Waals surface area (Å²) in [5, 5.41) is 2.89. The summed E-state index contributed by atoms with van der Waals surface area (Å²) in [6.45, 7) is 1.91. The van der Waals surface area contributed by atoms with Crippen molar-refractivity contribution in [3.8, 4) is 5.75 Å². The maximum absolute atomic E-state index is 13.1. The molecule has 0 saturated carbocycles. The first kappa shape index (κ1) is 23.3. The molecular weight excluding hydrogens is 442 g/mol. The number of anilines is 1. The van der Waals surface area contributed by atoms with Crippen LogP contribution in [0, 0.1) is 5.92 Å². The van der Waals surface area contributed by atoms with E-state index in [9.17, 15) is 18.0 Å². The van der Waals surface area contributed by atoms with Crippen LogP contribution in [0.15, 0.2) is 53.4 Å². The van der Waals surface area contributed by atoms with Crippen LogP contribution in [-0.4, -0.2) is 62.7 Å². The van der Waals surface area contributed by atoms with Gasteiger partial charge in [0.05, 0.1) is 29.2 Å². The molecule has 0 spiro atoms. The summed E-state index contributed by atoms with van der Waals surface area (Å²) in [4.78, 5) is 27.9. The second kappa shape index (κ2) is 9.93. The van der Waals surface area contributed by atoms with Crippen molar-refractivity contribution in [1.82, 2.24) is 9.21 Å². The highest BCUT2D eigenvalue weighted by molar-refractivity contribution is 7.89. The minimum atomic E-state index is -3.72. The molecule has 1 atom stereocenters. The maximum atomic E-state index is 13.1. The third-order valence-corrected chi connectivity index (χ3v) is 8.14. The van der Waals surface area contributed by atoms with Crippen LogP contribution in [0.3, 0.4) is 0 Å². The minimum Gasteiger partial charge on any atom is -0.497 e. The van der Waals surface area contributed by atoms with Crippen LogP contribution in [0.25, 0.3) is 0 Å². The fourth-order valence-corrected chi connectivity index (χ4v) is 5.90. The standard InChI is InChI=1S/C24H29N3O5S/c1-32-19-10-12-20(13-11-19)33(30,31)27-16-6-7-18(17-27)23(28)25-22-9-3-2-8-21(22)24(29)26-14-4-5-15-26/h2-3,8-13,18H,4-7,14-17H2,1H3,(H,25,28)/t18-/m0/s1. The van der Waals surface area contributed by atoms with Gasteiger partial charge in [-0.1, -0.05) is 12.1 Å². The van der Waals surface area contributed by atoms with Crippen molar-refractivity contribution in [3.05, 3.63) is 54.1 Å². The van der Waals surface area contributed by atoms with E-state index in [1.807, 2.05) is 0 Å². The first-order valence-electron chi connectivity index (χ1n) is 11.2. The number of sulfonamides is 1. The van der Waals surface area contributed by atoms with Gasteiger partial charge in [-0.25, -0.2) is 8.42 Å². The number of piperidine rings is 1. The van der Waals surface area contributed by atoms with Crippen molar-refractivity contribution < 1.29 is 22.7 Å². The number of hydrogen-bond donors (Lipinski definition) is 1. The molecule has 0 aromatic heterocycles. The highest BCUT2D eigenvalue weighted by atomic mass is 32.2. The smallest absolute Gasteiger partial charge is 0.255 e. The van der Waals surface area contributed by atoms with Crippen molar-refractivity contribution >= 4 is 27.5 Å². The van der Waals surface area contributed by atoms with E-state index in [1.165, 1.54) is 23.5 Å². The molecule has 0 unspecified atom stereocenters. The zero-order chi connectivity index (χ0) is 23.4. The molecule has 0 bridgehead atoms. The number of nitrogens with one attached hydrogen (secondary N) is 1. The third kappa shape index (κ3) is 5.04. The van der Waals surface area contributed by atoms with Gasteiger partial charge in [0, 0.05) is 26.2 Å². The molecule has 0 aliphatic carbocycles. The van der Waals surface area contributed by atoms with Crippen LogP contribution in [0.4, 0.5) is 5.69 Å². The Kier molecular flexibility index (Phi) is 6.99. The van der Waals surface area contributed by atoms with Gasteiger partial charge in [-0.15, -0.1) is 0 Å². The van der Waals surface area contributed by atoms with Crippen molar-refractivity contribution in [3.63, 3.8) is 0 Å². The summed E-state index contributed by atoms with van der Waals surface area (Å²) in [6, 6.07) is 13.2. The van der Waals surface area contributed by atoms with Gasteiger partial charge in [-0.05, 0) is 62.1 Å². The molecule has 0 radical (unpaired) electrons. The lowest BCUT2D eigenvalue weighted by Crippen LogP contribution is -2.43. The van der Waals surface area contributed by atoms with E-state index in [2.05, 4.69) is 5.32 Å². The largest absolute Gasteiger partial charge is 0.497 e. The molecule has 2 fully saturated rings. The van der Waals surface area contributed by atoms with Crippen LogP contribution in [0.2, 0.25) is 0 Å². The van der Waals surface area contributed by atoms with Gasteiger partial charge in [0.15, 0.2) is 0 Å². The van der Waals surface area contributed by atoms with Crippen LogP contribution >= 0.6 is 0 Å². The second-order valence-electron chi connectivity index (χ2n) is 8.41. The normalized spacial score (nSPS) is 19.3. The Bertz CT molecular complexity index is 1110. The van der Waals surface area contributed by atoms with Gasteiger partial charge < -0.3 is 15.0 Å². The van der Waals surface area contributed by atoms with E-state index in [-0.39, 0.29) is 23.3 Å². The maximum Gasteiger partial charge on any atom is 0.255 e. The van der Waals surface area contributed by atoms with Crippen LogP contribution in [0.1, 0.15) is 36.0 Å². The zero-order valence-corrected chi connectivity index (χ0v) is 19.5. The first-order chi connectivity index (χ1) is 15.9.